The maximum Gasteiger partial charge on any atom is 0.309 e. The zero-order valence-corrected chi connectivity index (χ0v) is 25.2. The van der Waals surface area contributed by atoms with E-state index in [1.54, 1.807) is 65.8 Å². The van der Waals surface area contributed by atoms with Crippen LogP contribution in [0.15, 0.2) is 24.3 Å². The monoisotopic (exact) mass is 580 g/mol. The van der Waals surface area contributed by atoms with Crippen molar-refractivity contribution < 1.29 is 39.0 Å². The van der Waals surface area contributed by atoms with E-state index in [0.717, 1.165) is 0 Å². The Balaban J connectivity index is 1.39. The van der Waals surface area contributed by atoms with Crippen LogP contribution in [0.4, 0.5) is 0 Å². The van der Waals surface area contributed by atoms with Crippen molar-refractivity contribution >= 4 is 35.6 Å². The van der Waals surface area contributed by atoms with Crippen LogP contribution >= 0.6 is 0 Å². The van der Waals surface area contributed by atoms with Crippen LogP contribution in [-0.2, 0) is 41.9 Å². The highest BCUT2D eigenvalue weighted by molar-refractivity contribution is 6.05. The molecule has 5 rings (SSSR count). The van der Waals surface area contributed by atoms with Gasteiger partial charge in [-0.2, -0.15) is 0 Å². The van der Waals surface area contributed by atoms with Gasteiger partial charge in [0.25, 0.3) is 0 Å². The highest BCUT2D eigenvalue weighted by Crippen LogP contribution is 2.60. The van der Waals surface area contributed by atoms with E-state index < -0.39 is 44.4 Å². The Labute approximate surface area is 245 Å². The second-order valence-corrected chi connectivity index (χ2v) is 15.2. The van der Waals surface area contributed by atoms with Gasteiger partial charge in [0, 0.05) is 21.7 Å². The predicted octanol–water partition coefficient (Wildman–Crippen LogP) is 4.00. The minimum atomic E-state index is -1.18. The van der Waals surface area contributed by atoms with Crippen LogP contribution < -0.4 is 0 Å². The summed E-state index contributed by atoms with van der Waals surface area (Å²) in [6.07, 6.45) is 1.18. The molecule has 4 aliphatic rings. The molecule has 4 amide bonds. The Morgan fingerprint density at radius 3 is 1.14 bits per heavy atom. The fourth-order valence-electron chi connectivity index (χ4n) is 9.42. The molecule has 4 bridgehead atoms. The van der Waals surface area contributed by atoms with Crippen molar-refractivity contribution in [3.8, 4) is 0 Å². The fourth-order valence-corrected chi connectivity index (χ4v) is 9.42. The normalized spacial score (nSPS) is 39.9. The first-order chi connectivity index (χ1) is 19.2. The number of imide groups is 2. The van der Waals surface area contributed by atoms with E-state index in [4.69, 9.17) is 0 Å². The molecule has 2 saturated carbocycles. The number of carboxylic acid groups (broad SMARTS) is 2. The van der Waals surface area contributed by atoms with Gasteiger partial charge in [-0.3, -0.25) is 38.6 Å². The molecule has 0 aromatic heterocycles. The lowest BCUT2D eigenvalue weighted by Crippen LogP contribution is -2.63. The van der Waals surface area contributed by atoms with Crippen molar-refractivity contribution in [1.82, 2.24) is 9.80 Å². The molecule has 6 atom stereocenters. The lowest BCUT2D eigenvalue weighted by Gasteiger charge is -2.55. The second-order valence-electron chi connectivity index (χ2n) is 15.2. The van der Waals surface area contributed by atoms with Gasteiger partial charge in [0.2, 0.25) is 23.6 Å². The second kappa shape index (κ2) is 8.97. The standard InChI is InChI=1S/C32H40N2O8/c1-27-13-28(2,16-31(5,15-27)25(39)40)22(36)33(21(27)35)11-19-8-7-9-20(10-19)12-34-23(37)29(3)14-30(4,24(34)38)18-32(6,17-29)26(41)42/h7-10H,11-18H2,1-6H3,(H,39,40)(H,41,42)/t27-,28+,29-,30+,31?,32?. The van der Waals surface area contributed by atoms with Crippen LogP contribution in [-0.4, -0.2) is 55.6 Å². The SMILES string of the molecule is CC1(C(=O)O)C[C@@]2(C)C[C@@](C)(C1)C(=O)N(Cc1cccc(CN3C(=O)[C@@]4(C)CC(C)(C(=O)O)C[C@](C)(C4)C3=O)c1)C2=O. The zero-order chi connectivity index (χ0) is 31.3. The first-order valence-corrected chi connectivity index (χ1v) is 14.5. The van der Waals surface area contributed by atoms with Crippen LogP contribution in [0.3, 0.4) is 0 Å². The molecule has 2 aliphatic heterocycles. The van der Waals surface area contributed by atoms with E-state index in [1.165, 1.54) is 9.80 Å². The van der Waals surface area contributed by atoms with Crippen molar-refractivity contribution in [2.45, 2.75) is 93.2 Å². The number of amides is 4. The third kappa shape index (κ3) is 4.36. The molecule has 42 heavy (non-hydrogen) atoms. The number of piperidine rings is 2. The summed E-state index contributed by atoms with van der Waals surface area (Å²) in [5.41, 5.74) is -5.04. The summed E-state index contributed by atoms with van der Waals surface area (Å²) in [6.45, 7) is 10.2. The molecule has 2 N–H and O–H groups in total. The van der Waals surface area contributed by atoms with Crippen molar-refractivity contribution in [2.24, 2.45) is 32.5 Å². The van der Waals surface area contributed by atoms with E-state index in [0.29, 0.717) is 24.0 Å². The molecule has 0 spiro atoms. The van der Waals surface area contributed by atoms with Gasteiger partial charge in [-0.1, -0.05) is 52.0 Å². The molecule has 226 valence electrons. The first-order valence-electron chi connectivity index (χ1n) is 14.5. The van der Waals surface area contributed by atoms with Gasteiger partial charge in [-0.15, -0.1) is 0 Å². The molecular formula is C32H40N2O8. The molecule has 1 aromatic rings. The van der Waals surface area contributed by atoms with Gasteiger partial charge in [0.05, 0.1) is 23.9 Å². The van der Waals surface area contributed by atoms with E-state index >= 15 is 0 Å². The molecule has 2 unspecified atom stereocenters. The number of likely N-dealkylation sites (tertiary alicyclic amines) is 2. The third-order valence-corrected chi connectivity index (χ3v) is 10.4. The minimum absolute atomic E-state index is 0.00520. The van der Waals surface area contributed by atoms with Crippen LogP contribution in [0.2, 0.25) is 0 Å². The number of fused-ring (bicyclic) bond motifs is 4. The van der Waals surface area contributed by atoms with Crippen molar-refractivity contribution in [2.75, 3.05) is 0 Å². The minimum Gasteiger partial charge on any atom is -0.481 e. The number of carbonyl (C=O) groups excluding carboxylic acids is 4. The number of benzene rings is 1. The molecule has 10 nitrogen and oxygen atoms in total. The van der Waals surface area contributed by atoms with Crippen LogP contribution in [0.1, 0.15) is 91.2 Å². The topological polar surface area (TPSA) is 149 Å². The number of nitrogens with zero attached hydrogens (tertiary/aromatic N) is 2. The molecular weight excluding hydrogens is 540 g/mol. The molecule has 2 heterocycles. The fraction of sp³-hybridized carbons (Fsp3) is 0.625. The highest BCUT2D eigenvalue weighted by Gasteiger charge is 2.64. The maximum atomic E-state index is 13.7. The predicted molar refractivity (Wildman–Crippen MR) is 149 cm³/mol. The van der Waals surface area contributed by atoms with Crippen LogP contribution in [0, 0.1) is 32.5 Å². The smallest absolute Gasteiger partial charge is 0.309 e. The van der Waals surface area contributed by atoms with E-state index in [-0.39, 0.29) is 62.4 Å². The van der Waals surface area contributed by atoms with Crippen molar-refractivity contribution in [3.05, 3.63) is 35.4 Å². The molecule has 1 aromatic carbocycles. The first kappa shape index (κ1) is 29.9. The average Bonchev–Trinajstić information content (AvgIpc) is 2.86. The molecule has 2 aliphatic carbocycles. The van der Waals surface area contributed by atoms with Crippen molar-refractivity contribution in [1.29, 1.82) is 0 Å². The summed E-state index contributed by atoms with van der Waals surface area (Å²) in [7, 11) is 0. The quantitative estimate of drug-likeness (QED) is 0.480. The Morgan fingerprint density at radius 2 is 0.881 bits per heavy atom. The largest absolute Gasteiger partial charge is 0.481 e. The number of carbonyl (C=O) groups is 6. The Bertz CT molecular complexity index is 1290. The van der Waals surface area contributed by atoms with Gasteiger partial charge in [0.15, 0.2) is 0 Å². The molecule has 10 heteroatoms. The zero-order valence-electron chi connectivity index (χ0n) is 25.2. The summed E-state index contributed by atoms with van der Waals surface area (Å²) >= 11 is 0. The lowest BCUT2D eigenvalue weighted by atomic mass is 9.52. The Morgan fingerprint density at radius 1 is 0.595 bits per heavy atom. The maximum absolute atomic E-state index is 13.7. The summed E-state index contributed by atoms with van der Waals surface area (Å²) < 4.78 is 0. The Kier molecular flexibility index (Phi) is 6.39. The number of hydrogen-bond acceptors (Lipinski definition) is 6. The van der Waals surface area contributed by atoms with E-state index in [9.17, 15) is 39.0 Å². The Hall–Kier alpha value is -3.56. The van der Waals surface area contributed by atoms with E-state index in [1.807, 2.05) is 0 Å². The van der Waals surface area contributed by atoms with Gasteiger partial charge in [-0.05, 0) is 63.5 Å². The van der Waals surface area contributed by atoms with Gasteiger partial charge in [0.1, 0.15) is 0 Å². The third-order valence-electron chi connectivity index (χ3n) is 10.4. The van der Waals surface area contributed by atoms with Crippen LogP contribution in [0.5, 0.6) is 0 Å². The summed E-state index contributed by atoms with van der Waals surface area (Å²) in [4.78, 5) is 81.3. The molecule has 0 radical (unpaired) electrons. The number of hydrogen-bond donors (Lipinski definition) is 2. The van der Waals surface area contributed by atoms with Gasteiger partial charge in [-0.25, -0.2) is 0 Å². The number of carboxylic acids is 2. The van der Waals surface area contributed by atoms with Gasteiger partial charge >= 0.3 is 11.9 Å². The molecule has 2 saturated heterocycles. The van der Waals surface area contributed by atoms with E-state index in [2.05, 4.69) is 0 Å². The lowest BCUT2D eigenvalue weighted by molar-refractivity contribution is -0.185. The van der Waals surface area contributed by atoms with Crippen LogP contribution in [0.25, 0.3) is 0 Å². The average molecular weight is 581 g/mol. The van der Waals surface area contributed by atoms with Crippen molar-refractivity contribution in [3.63, 3.8) is 0 Å². The highest BCUT2D eigenvalue weighted by atomic mass is 16.4. The summed E-state index contributed by atoms with van der Waals surface area (Å²) in [5.74, 6) is -3.58. The van der Waals surface area contributed by atoms with Gasteiger partial charge < -0.3 is 10.2 Å². The number of aliphatic carboxylic acids is 2. The summed E-state index contributed by atoms with van der Waals surface area (Å²) in [6, 6.07) is 7.07. The summed E-state index contributed by atoms with van der Waals surface area (Å²) in [5, 5.41) is 19.8. The molecule has 4 fully saturated rings. The number of rotatable bonds is 6.